The Balaban J connectivity index is 1.38. The first-order valence-electron chi connectivity index (χ1n) is 12.5. The zero-order chi connectivity index (χ0) is 25.8. The first kappa shape index (κ1) is 23.7. The van der Waals surface area contributed by atoms with Crippen molar-refractivity contribution in [1.82, 2.24) is 19.9 Å². The summed E-state index contributed by atoms with van der Waals surface area (Å²) >= 11 is 3.85. The molecule has 4 aromatic rings. The van der Waals surface area contributed by atoms with E-state index in [0.717, 1.165) is 69.3 Å². The topological polar surface area (TPSA) is 81.1 Å². The van der Waals surface area contributed by atoms with Crippen molar-refractivity contribution in [2.45, 2.75) is 51.2 Å². The lowest BCUT2D eigenvalue weighted by Gasteiger charge is -2.43. The minimum absolute atomic E-state index is 0.378. The third-order valence-corrected chi connectivity index (χ3v) is 7.66. The van der Waals surface area contributed by atoms with E-state index in [-0.39, 0.29) is 6.09 Å². The molecule has 2 aromatic carbocycles. The third kappa shape index (κ3) is 4.19. The molecule has 1 aliphatic heterocycles. The molecule has 2 aliphatic rings. The fourth-order valence-electron chi connectivity index (χ4n) is 5.04. The molecule has 1 saturated carbocycles. The van der Waals surface area contributed by atoms with Gasteiger partial charge in [0, 0.05) is 17.3 Å². The number of anilines is 2. The van der Waals surface area contributed by atoms with Crippen molar-refractivity contribution >= 4 is 33.5 Å². The average Bonchev–Trinajstić information content (AvgIpc) is 3.10. The van der Waals surface area contributed by atoms with Crippen LogP contribution in [0.2, 0.25) is 0 Å². The zero-order valence-corrected chi connectivity index (χ0v) is 22.6. The van der Waals surface area contributed by atoms with Crippen molar-refractivity contribution in [3.05, 3.63) is 77.0 Å². The van der Waals surface area contributed by atoms with E-state index >= 15 is 0 Å². The molecule has 1 amide bonds. The molecule has 2 aromatic heterocycles. The van der Waals surface area contributed by atoms with Gasteiger partial charge in [-0.1, -0.05) is 36.4 Å². The van der Waals surface area contributed by atoms with E-state index in [1.165, 1.54) is 0 Å². The number of nitrogens with zero attached hydrogens (tertiary/aromatic N) is 3. The van der Waals surface area contributed by atoms with Gasteiger partial charge in [0.2, 0.25) is 0 Å². The summed E-state index contributed by atoms with van der Waals surface area (Å²) in [6.45, 7) is 5.63. The molecule has 8 heteroatoms. The van der Waals surface area contributed by atoms with Crippen LogP contribution in [0.15, 0.2) is 71.5 Å². The Morgan fingerprint density at radius 1 is 1.08 bits per heavy atom. The van der Waals surface area contributed by atoms with Crippen LogP contribution in [0.5, 0.6) is 0 Å². The fraction of sp³-hybridized carbons (Fsp3) is 0.276. The first-order chi connectivity index (χ1) is 17.7. The molecule has 7 nitrogen and oxygen atoms in total. The molecule has 37 heavy (non-hydrogen) atoms. The lowest BCUT2D eigenvalue weighted by Crippen LogP contribution is -2.52. The number of hydrogen-bond acceptors (Lipinski definition) is 5. The Morgan fingerprint density at radius 2 is 1.84 bits per heavy atom. The fourth-order valence-corrected chi connectivity index (χ4v) is 5.71. The van der Waals surface area contributed by atoms with Gasteiger partial charge < -0.3 is 15.4 Å². The van der Waals surface area contributed by atoms with Gasteiger partial charge in [-0.3, -0.25) is 4.57 Å². The van der Waals surface area contributed by atoms with E-state index in [4.69, 9.17) is 9.72 Å². The Kier molecular flexibility index (Phi) is 5.60. The van der Waals surface area contributed by atoms with Crippen molar-refractivity contribution in [1.29, 1.82) is 0 Å². The third-order valence-electron chi connectivity index (χ3n) is 6.93. The second-order valence-corrected chi connectivity index (χ2v) is 11.3. The highest BCUT2D eigenvalue weighted by Crippen LogP contribution is 2.44. The molecule has 0 radical (unpaired) electrons. The zero-order valence-electron chi connectivity index (χ0n) is 21.0. The number of hydrogen-bond donors (Lipinski definition) is 2. The highest BCUT2D eigenvalue weighted by molar-refractivity contribution is 9.10. The summed E-state index contributed by atoms with van der Waals surface area (Å²) in [4.78, 5) is 22.2. The molecule has 1 aliphatic carbocycles. The van der Waals surface area contributed by atoms with Crippen molar-refractivity contribution < 1.29 is 9.53 Å². The second kappa shape index (κ2) is 8.73. The monoisotopic (exact) mass is 557 g/mol. The van der Waals surface area contributed by atoms with Crippen LogP contribution in [0.25, 0.3) is 28.3 Å². The summed E-state index contributed by atoms with van der Waals surface area (Å²) in [5.74, 6) is 1.61. The van der Waals surface area contributed by atoms with Crippen LogP contribution in [0.4, 0.5) is 16.3 Å². The molecule has 2 N–H and O–H groups in total. The molecule has 3 heterocycles. The van der Waals surface area contributed by atoms with Gasteiger partial charge in [-0.2, -0.15) is 0 Å². The maximum atomic E-state index is 12.6. The molecule has 0 unspecified atom stereocenters. The number of carbonyl (C=O) groups excluding carboxylic acids is 1. The molecule has 0 saturated heterocycles. The quantitative estimate of drug-likeness (QED) is 0.243. The molecule has 188 valence electrons. The molecule has 0 atom stereocenters. The molecular weight excluding hydrogens is 530 g/mol. The number of ether oxygens (including phenoxy) is 1. The number of amides is 1. The van der Waals surface area contributed by atoms with Crippen LogP contribution in [0.1, 0.15) is 45.6 Å². The number of nitrogens with one attached hydrogen (secondary N) is 2. The first-order valence-corrected chi connectivity index (χ1v) is 13.3. The predicted octanol–water partition coefficient (Wildman–Crippen LogP) is 7.32. The van der Waals surface area contributed by atoms with Crippen molar-refractivity contribution in [2.24, 2.45) is 0 Å². The van der Waals surface area contributed by atoms with Gasteiger partial charge in [-0.05, 0) is 85.8 Å². The highest BCUT2D eigenvalue weighted by atomic mass is 79.9. The number of halogens is 1. The average molecular weight is 558 g/mol. The Bertz CT molecular complexity index is 1500. The van der Waals surface area contributed by atoms with Crippen LogP contribution in [0.3, 0.4) is 0 Å². The van der Waals surface area contributed by atoms with Crippen molar-refractivity contribution in [2.75, 3.05) is 5.32 Å². The largest absolute Gasteiger partial charge is 0.444 e. The Hall–Kier alpha value is -3.65. The maximum absolute atomic E-state index is 12.6. The van der Waals surface area contributed by atoms with E-state index in [0.29, 0.717) is 0 Å². The number of benzene rings is 2. The smallest absolute Gasteiger partial charge is 0.408 e. The maximum Gasteiger partial charge on any atom is 0.408 e. The SMILES string of the molecule is CC(C)(C)OC(=O)NC1(c2ccc(-c3nc4n(c3Br)-c3cccnc3Nc3ccccc3-4)cc2)CCC1. The number of rotatable bonds is 3. The summed E-state index contributed by atoms with van der Waals surface area (Å²) in [5.41, 5.74) is 4.86. The predicted molar refractivity (Wildman–Crippen MR) is 148 cm³/mol. The molecular formula is C29H28BrN5O2. The van der Waals surface area contributed by atoms with Crippen LogP contribution < -0.4 is 10.6 Å². The summed E-state index contributed by atoms with van der Waals surface area (Å²) in [5, 5.41) is 6.59. The van der Waals surface area contributed by atoms with Gasteiger partial charge >= 0.3 is 6.09 Å². The summed E-state index contributed by atoms with van der Waals surface area (Å²) in [7, 11) is 0. The Labute approximate surface area is 224 Å². The lowest BCUT2D eigenvalue weighted by molar-refractivity contribution is 0.0377. The van der Waals surface area contributed by atoms with Crippen molar-refractivity contribution in [3.63, 3.8) is 0 Å². The number of para-hydroxylation sites is 1. The van der Waals surface area contributed by atoms with E-state index in [1.54, 1.807) is 6.20 Å². The van der Waals surface area contributed by atoms with Gasteiger partial charge in [0.25, 0.3) is 0 Å². The van der Waals surface area contributed by atoms with Gasteiger partial charge in [-0.15, -0.1) is 0 Å². The number of alkyl carbamates (subject to hydrolysis) is 1. The van der Waals surface area contributed by atoms with Gasteiger partial charge in [-0.25, -0.2) is 14.8 Å². The van der Waals surface area contributed by atoms with E-state index < -0.39 is 11.1 Å². The van der Waals surface area contributed by atoms with Gasteiger partial charge in [0.15, 0.2) is 5.82 Å². The number of imidazole rings is 1. The van der Waals surface area contributed by atoms with Crippen molar-refractivity contribution in [3.8, 4) is 28.3 Å². The summed E-state index contributed by atoms with van der Waals surface area (Å²) < 4.78 is 8.49. The number of fused-ring (bicyclic) bond motifs is 5. The highest BCUT2D eigenvalue weighted by Gasteiger charge is 2.41. The van der Waals surface area contributed by atoms with Crippen LogP contribution >= 0.6 is 15.9 Å². The summed E-state index contributed by atoms with van der Waals surface area (Å²) in [6.07, 6.45) is 4.25. The van der Waals surface area contributed by atoms with E-state index in [1.807, 2.05) is 51.1 Å². The Morgan fingerprint density at radius 3 is 2.54 bits per heavy atom. The molecule has 6 rings (SSSR count). The standard InChI is InChI=1S/C29H28BrN5O2/c1-28(2,3)37-27(36)34-29(15-7-16-29)19-13-11-18(12-14-19)23-24(30)35-22-10-6-17-31-25(22)32-21-9-5-4-8-20(21)26(35)33-23/h4-6,8-14,17H,7,15-16H2,1-3H3,(H,31,32)(H,34,36). The van der Waals surface area contributed by atoms with Gasteiger partial charge in [0.1, 0.15) is 21.7 Å². The minimum atomic E-state index is -0.535. The lowest BCUT2D eigenvalue weighted by atomic mass is 9.72. The van der Waals surface area contributed by atoms with Crippen LogP contribution in [-0.2, 0) is 10.3 Å². The molecule has 1 fully saturated rings. The molecule has 0 spiro atoms. The molecule has 0 bridgehead atoms. The number of carbonyl (C=O) groups is 1. The second-order valence-electron chi connectivity index (χ2n) is 10.6. The normalized spacial score (nSPS) is 15.2. The van der Waals surface area contributed by atoms with E-state index in [9.17, 15) is 4.79 Å². The van der Waals surface area contributed by atoms with E-state index in [2.05, 4.69) is 66.4 Å². The number of pyridine rings is 1. The van der Waals surface area contributed by atoms with Crippen LogP contribution in [0, 0.1) is 0 Å². The summed E-state index contributed by atoms with van der Waals surface area (Å²) in [6, 6.07) is 20.4. The van der Waals surface area contributed by atoms with Crippen LogP contribution in [-0.4, -0.2) is 26.2 Å². The number of aromatic nitrogens is 3. The minimum Gasteiger partial charge on any atom is -0.444 e. The van der Waals surface area contributed by atoms with Gasteiger partial charge in [0.05, 0.1) is 16.9 Å².